The van der Waals surface area contributed by atoms with E-state index in [4.69, 9.17) is 19.9 Å². The molecule has 1 aromatic carbocycles. The van der Waals surface area contributed by atoms with Gasteiger partial charge in [0.05, 0.1) is 24.6 Å². The maximum atomic E-state index is 13.7. The third-order valence-corrected chi connectivity index (χ3v) is 8.14. The minimum atomic E-state index is -0.682. The Morgan fingerprint density at radius 1 is 1.13 bits per heavy atom. The molecule has 0 aromatic heterocycles. The van der Waals surface area contributed by atoms with Crippen LogP contribution in [0, 0.1) is 5.92 Å². The van der Waals surface area contributed by atoms with Crippen LogP contribution < -0.4 is 5.32 Å². The van der Waals surface area contributed by atoms with E-state index in [1.54, 1.807) is 18.7 Å². The monoisotopic (exact) mass is 567 g/mol. The maximum absolute atomic E-state index is 13.7. The van der Waals surface area contributed by atoms with E-state index >= 15 is 0 Å². The summed E-state index contributed by atoms with van der Waals surface area (Å²) in [5.74, 6) is 0.263. The molecule has 12 heteroatoms. The van der Waals surface area contributed by atoms with E-state index in [-0.39, 0.29) is 43.1 Å². The van der Waals surface area contributed by atoms with E-state index in [2.05, 4.69) is 10.2 Å². The zero-order valence-corrected chi connectivity index (χ0v) is 23.5. The summed E-state index contributed by atoms with van der Waals surface area (Å²) >= 11 is 1.44. The van der Waals surface area contributed by atoms with Gasteiger partial charge in [-0.05, 0) is 57.4 Å². The maximum Gasteiger partial charge on any atom is 0.328 e. The van der Waals surface area contributed by atoms with E-state index in [1.165, 1.54) is 11.8 Å². The number of ether oxygens (including phenoxy) is 2. The van der Waals surface area contributed by atoms with Crippen LogP contribution in [0.3, 0.4) is 0 Å². The highest BCUT2D eigenvalue weighted by Gasteiger charge is 2.50. The SMILES string of the molecule is CCOC(=O)C(CCc1ccccc1)NC(C)C(=O)N1C(C(=O)OCCSCCON(O)O)CC2CCCC21. The Balaban J connectivity index is 1.58. The predicted molar refractivity (Wildman–Crippen MR) is 144 cm³/mol. The zero-order valence-electron chi connectivity index (χ0n) is 22.7. The van der Waals surface area contributed by atoms with Gasteiger partial charge in [-0.25, -0.2) is 9.63 Å². The Kier molecular flexibility index (Phi) is 13.0. The number of benzene rings is 1. The summed E-state index contributed by atoms with van der Waals surface area (Å²) in [7, 11) is 0. The minimum Gasteiger partial charge on any atom is -0.465 e. The minimum absolute atomic E-state index is 0.00362. The average molecular weight is 568 g/mol. The fourth-order valence-corrected chi connectivity index (χ4v) is 6.06. The number of hydrogen-bond donors (Lipinski definition) is 3. The Hall–Kier alpha value is -2.22. The highest BCUT2D eigenvalue weighted by molar-refractivity contribution is 7.99. The first-order chi connectivity index (χ1) is 18.8. The van der Waals surface area contributed by atoms with Crippen molar-refractivity contribution in [2.45, 2.75) is 76.5 Å². The lowest BCUT2D eigenvalue weighted by Crippen LogP contribution is -2.55. The van der Waals surface area contributed by atoms with Crippen LogP contribution in [-0.2, 0) is 35.1 Å². The van der Waals surface area contributed by atoms with Crippen LogP contribution in [0.2, 0.25) is 0 Å². The van der Waals surface area contributed by atoms with Crippen molar-refractivity contribution in [2.24, 2.45) is 5.92 Å². The molecule has 11 nitrogen and oxygen atoms in total. The van der Waals surface area contributed by atoms with Crippen molar-refractivity contribution in [1.82, 2.24) is 15.6 Å². The van der Waals surface area contributed by atoms with Crippen molar-refractivity contribution < 1.29 is 39.1 Å². The largest absolute Gasteiger partial charge is 0.465 e. The molecule has 1 aliphatic heterocycles. The van der Waals surface area contributed by atoms with Crippen LogP contribution in [0.5, 0.6) is 0 Å². The van der Waals surface area contributed by atoms with Crippen molar-refractivity contribution in [3.05, 3.63) is 35.9 Å². The number of rotatable bonds is 16. The smallest absolute Gasteiger partial charge is 0.328 e. The zero-order chi connectivity index (χ0) is 28.2. The normalized spacial score (nSPS) is 22.0. The molecular weight excluding hydrogens is 526 g/mol. The molecule has 0 bridgehead atoms. The fraction of sp³-hybridized carbons (Fsp3) is 0.667. The van der Waals surface area contributed by atoms with Gasteiger partial charge in [0.15, 0.2) is 0 Å². The topological polar surface area (TPSA) is 138 Å². The number of thioether (sulfide) groups is 1. The number of aryl methyl sites for hydroxylation is 1. The van der Waals surface area contributed by atoms with Gasteiger partial charge in [-0.3, -0.25) is 25.3 Å². The Bertz CT molecular complexity index is 922. The molecule has 5 atom stereocenters. The van der Waals surface area contributed by atoms with Gasteiger partial charge >= 0.3 is 11.9 Å². The van der Waals surface area contributed by atoms with Crippen molar-refractivity contribution in [3.63, 3.8) is 0 Å². The molecule has 0 radical (unpaired) electrons. The summed E-state index contributed by atoms with van der Waals surface area (Å²) < 4.78 is 10.8. The molecule has 1 aromatic rings. The van der Waals surface area contributed by atoms with Gasteiger partial charge in [-0.15, -0.1) is 0 Å². The summed E-state index contributed by atoms with van der Waals surface area (Å²) in [4.78, 5) is 45.7. The number of carbonyl (C=O) groups is 3. The van der Waals surface area contributed by atoms with Crippen LogP contribution in [0.4, 0.5) is 0 Å². The van der Waals surface area contributed by atoms with Crippen LogP contribution in [0.25, 0.3) is 0 Å². The quantitative estimate of drug-likeness (QED) is 0.154. The number of nitrogens with zero attached hydrogens (tertiary/aromatic N) is 2. The van der Waals surface area contributed by atoms with Gasteiger partial charge in [0.25, 0.3) is 0 Å². The Morgan fingerprint density at radius 2 is 1.87 bits per heavy atom. The second kappa shape index (κ2) is 16.1. The van der Waals surface area contributed by atoms with E-state index in [1.807, 2.05) is 30.3 Å². The first kappa shape index (κ1) is 31.3. The average Bonchev–Trinajstić information content (AvgIpc) is 3.52. The van der Waals surface area contributed by atoms with E-state index in [9.17, 15) is 14.4 Å². The van der Waals surface area contributed by atoms with Crippen molar-refractivity contribution in [2.75, 3.05) is 31.3 Å². The van der Waals surface area contributed by atoms with Crippen LogP contribution in [0.1, 0.15) is 51.5 Å². The van der Waals surface area contributed by atoms with Gasteiger partial charge in [0.1, 0.15) is 18.7 Å². The van der Waals surface area contributed by atoms with Gasteiger partial charge < -0.3 is 14.4 Å². The molecule has 3 rings (SSSR count). The molecule has 1 aliphatic carbocycles. The third-order valence-electron chi connectivity index (χ3n) is 7.23. The van der Waals surface area contributed by atoms with Gasteiger partial charge in [-0.2, -0.15) is 11.8 Å². The van der Waals surface area contributed by atoms with E-state index < -0.39 is 30.1 Å². The first-order valence-electron chi connectivity index (χ1n) is 13.7. The second-order valence-corrected chi connectivity index (χ2v) is 11.1. The predicted octanol–water partition coefficient (Wildman–Crippen LogP) is 2.59. The lowest BCUT2D eigenvalue weighted by molar-refractivity contribution is -0.490. The number of esters is 2. The van der Waals surface area contributed by atoms with Gasteiger partial charge in [0.2, 0.25) is 5.91 Å². The summed E-state index contributed by atoms with van der Waals surface area (Å²) in [5, 5.41) is 19.9. The first-order valence-corrected chi connectivity index (χ1v) is 14.8. The lowest BCUT2D eigenvalue weighted by Gasteiger charge is -2.32. The number of likely N-dealkylation sites (tertiary alicyclic amines) is 1. The molecule has 1 amide bonds. The standard InChI is InChI=1S/C27H41N3O8S/c1-3-36-26(32)22(13-12-20-8-5-4-6-9-20)28-19(2)25(31)29-23-11-7-10-21(23)18-24(29)27(33)37-14-16-39-17-15-38-30(34)35/h4-6,8-9,19,21-24,28,34-35H,3,7,10-18H2,1-2H3. The number of fused-ring (bicyclic) bond motifs is 1. The number of carbonyl (C=O) groups excluding carboxylic acids is 3. The summed E-state index contributed by atoms with van der Waals surface area (Å²) in [6.07, 6.45) is 4.57. The third kappa shape index (κ3) is 9.44. The summed E-state index contributed by atoms with van der Waals surface area (Å²) in [6, 6.07) is 7.86. The molecule has 3 N–H and O–H groups in total. The summed E-state index contributed by atoms with van der Waals surface area (Å²) in [5.41, 5.74) is 1.10. The van der Waals surface area contributed by atoms with Crippen molar-refractivity contribution >= 4 is 29.6 Å². The summed E-state index contributed by atoms with van der Waals surface area (Å²) in [6.45, 7) is 4.02. The lowest BCUT2D eigenvalue weighted by atomic mass is 10.0. The molecule has 1 saturated heterocycles. The van der Waals surface area contributed by atoms with Crippen LogP contribution in [-0.4, -0.2) is 94.0 Å². The molecule has 2 aliphatic rings. The van der Waals surface area contributed by atoms with E-state index in [0.29, 0.717) is 30.8 Å². The highest BCUT2D eigenvalue weighted by Crippen LogP contribution is 2.42. The van der Waals surface area contributed by atoms with Gasteiger partial charge in [-0.1, -0.05) is 36.8 Å². The highest BCUT2D eigenvalue weighted by atomic mass is 32.2. The molecule has 5 unspecified atom stereocenters. The molecule has 218 valence electrons. The van der Waals surface area contributed by atoms with Gasteiger partial charge in [0, 0.05) is 17.5 Å². The molecule has 2 fully saturated rings. The molecule has 1 saturated carbocycles. The second-order valence-electron chi connectivity index (χ2n) is 9.84. The van der Waals surface area contributed by atoms with Crippen LogP contribution >= 0.6 is 11.8 Å². The number of hydrogen-bond acceptors (Lipinski definition) is 11. The van der Waals surface area contributed by atoms with Crippen LogP contribution in [0.15, 0.2) is 30.3 Å². The molecule has 0 spiro atoms. The Labute approximate surface area is 234 Å². The fourth-order valence-electron chi connectivity index (χ4n) is 5.46. The van der Waals surface area contributed by atoms with E-state index in [0.717, 1.165) is 24.8 Å². The van der Waals surface area contributed by atoms with Crippen molar-refractivity contribution in [3.8, 4) is 0 Å². The number of nitrogens with one attached hydrogen (secondary N) is 1. The Morgan fingerprint density at radius 3 is 2.59 bits per heavy atom. The molecule has 1 heterocycles. The molecular formula is C27H41N3O8S. The molecule has 39 heavy (non-hydrogen) atoms. The van der Waals surface area contributed by atoms with Crippen molar-refractivity contribution in [1.29, 1.82) is 0 Å². The number of amides is 1.